The Morgan fingerprint density at radius 3 is 2.88 bits per heavy atom. The molecule has 0 heterocycles. The molecule has 0 aromatic carbocycles. The van der Waals surface area contributed by atoms with Gasteiger partial charge in [0.15, 0.2) is 0 Å². The van der Waals surface area contributed by atoms with E-state index in [1.165, 1.54) is 25.7 Å². The van der Waals surface area contributed by atoms with E-state index in [-0.39, 0.29) is 0 Å². The summed E-state index contributed by atoms with van der Waals surface area (Å²) in [6, 6.07) is 0.836. The van der Waals surface area contributed by atoms with Gasteiger partial charge in [0.25, 0.3) is 0 Å². The SMILES string of the molecule is CC#CCCNC1CC2CC1C1CCCC21. The molecule has 88 valence electrons. The topological polar surface area (TPSA) is 12.0 Å². The van der Waals surface area contributed by atoms with Crippen LogP contribution in [0.4, 0.5) is 0 Å². The number of hydrogen-bond donors (Lipinski definition) is 1. The Kier molecular flexibility index (Phi) is 2.94. The zero-order valence-electron chi connectivity index (χ0n) is 10.3. The summed E-state index contributed by atoms with van der Waals surface area (Å²) in [6.45, 7) is 3.03. The van der Waals surface area contributed by atoms with Gasteiger partial charge in [0.1, 0.15) is 0 Å². The van der Waals surface area contributed by atoms with E-state index in [0.29, 0.717) is 0 Å². The third-order valence-corrected chi connectivity index (χ3v) is 5.26. The number of nitrogens with one attached hydrogen (secondary N) is 1. The average Bonchev–Trinajstić information content (AvgIpc) is 2.95. The van der Waals surface area contributed by atoms with Crippen molar-refractivity contribution in [2.75, 3.05) is 6.54 Å². The molecule has 1 nitrogen and oxygen atoms in total. The Labute approximate surface area is 99.4 Å². The first-order valence-corrected chi connectivity index (χ1v) is 7.03. The Balaban J connectivity index is 1.53. The quantitative estimate of drug-likeness (QED) is 0.566. The molecule has 1 heteroatoms. The van der Waals surface area contributed by atoms with E-state index in [4.69, 9.17) is 0 Å². The lowest BCUT2D eigenvalue weighted by Gasteiger charge is -2.32. The van der Waals surface area contributed by atoms with Gasteiger partial charge in [0.2, 0.25) is 0 Å². The van der Waals surface area contributed by atoms with Crippen molar-refractivity contribution in [3.05, 3.63) is 0 Å². The van der Waals surface area contributed by atoms with Crippen LogP contribution >= 0.6 is 0 Å². The molecule has 3 aliphatic rings. The van der Waals surface area contributed by atoms with E-state index in [0.717, 1.165) is 42.7 Å². The van der Waals surface area contributed by atoms with Crippen LogP contribution in [-0.4, -0.2) is 12.6 Å². The van der Waals surface area contributed by atoms with Crippen molar-refractivity contribution >= 4 is 0 Å². The van der Waals surface area contributed by atoms with Crippen LogP contribution in [-0.2, 0) is 0 Å². The largest absolute Gasteiger partial charge is 0.313 e. The van der Waals surface area contributed by atoms with E-state index in [2.05, 4.69) is 17.2 Å². The maximum absolute atomic E-state index is 3.76. The van der Waals surface area contributed by atoms with Gasteiger partial charge in [-0.1, -0.05) is 6.42 Å². The summed E-state index contributed by atoms with van der Waals surface area (Å²) in [4.78, 5) is 0. The van der Waals surface area contributed by atoms with Crippen LogP contribution in [0.1, 0.15) is 45.4 Å². The fraction of sp³-hybridized carbons (Fsp3) is 0.867. The molecule has 1 N–H and O–H groups in total. The summed E-state index contributed by atoms with van der Waals surface area (Å²) in [5.41, 5.74) is 0. The molecule has 0 saturated heterocycles. The Hall–Kier alpha value is -0.480. The van der Waals surface area contributed by atoms with Crippen molar-refractivity contribution in [3.8, 4) is 11.8 Å². The molecule has 3 saturated carbocycles. The number of fused-ring (bicyclic) bond motifs is 5. The molecular formula is C15H23N. The number of rotatable bonds is 3. The normalized spacial score (nSPS) is 44.2. The van der Waals surface area contributed by atoms with Gasteiger partial charge in [-0.3, -0.25) is 0 Å². The van der Waals surface area contributed by atoms with Crippen LogP contribution in [0.15, 0.2) is 0 Å². The Morgan fingerprint density at radius 2 is 2.00 bits per heavy atom. The van der Waals surface area contributed by atoms with Crippen molar-refractivity contribution in [2.45, 2.75) is 51.5 Å². The molecule has 16 heavy (non-hydrogen) atoms. The van der Waals surface area contributed by atoms with E-state index in [1.807, 2.05) is 6.92 Å². The van der Waals surface area contributed by atoms with Gasteiger partial charge in [-0.05, 0) is 56.3 Å². The third kappa shape index (κ3) is 1.68. The Morgan fingerprint density at radius 1 is 1.12 bits per heavy atom. The van der Waals surface area contributed by atoms with Gasteiger partial charge in [0.05, 0.1) is 0 Å². The first-order chi connectivity index (χ1) is 7.90. The van der Waals surface area contributed by atoms with Gasteiger partial charge in [0, 0.05) is 19.0 Å². The van der Waals surface area contributed by atoms with Gasteiger partial charge < -0.3 is 5.32 Å². The highest BCUT2D eigenvalue weighted by molar-refractivity contribution is 5.05. The summed E-state index contributed by atoms with van der Waals surface area (Å²) in [6.07, 6.45) is 8.60. The fourth-order valence-electron chi connectivity index (χ4n) is 4.75. The van der Waals surface area contributed by atoms with Crippen LogP contribution in [0.25, 0.3) is 0 Å². The minimum atomic E-state index is 0.836. The van der Waals surface area contributed by atoms with Gasteiger partial charge in [-0.25, -0.2) is 0 Å². The lowest BCUT2D eigenvalue weighted by molar-refractivity contribution is 0.210. The first-order valence-electron chi connectivity index (χ1n) is 7.03. The lowest BCUT2D eigenvalue weighted by atomic mass is 9.79. The molecule has 0 radical (unpaired) electrons. The molecule has 0 spiro atoms. The highest BCUT2D eigenvalue weighted by Gasteiger charge is 2.53. The second-order valence-electron chi connectivity index (χ2n) is 5.89. The summed E-state index contributed by atoms with van der Waals surface area (Å²) in [5, 5.41) is 3.76. The van der Waals surface area contributed by atoms with Crippen molar-refractivity contribution in [3.63, 3.8) is 0 Å². The monoisotopic (exact) mass is 217 g/mol. The van der Waals surface area contributed by atoms with Crippen LogP contribution in [0.5, 0.6) is 0 Å². The zero-order chi connectivity index (χ0) is 11.0. The first kappa shape index (κ1) is 10.7. The summed E-state index contributed by atoms with van der Waals surface area (Å²) in [7, 11) is 0. The van der Waals surface area contributed by atoms with E-state index in [1.54, 1.807) is 6.42 Å². The van der Waals surface area contributed by atoms with E-state index in [9.17, 15) is 0 Å². The highest BCUT2D eigenvalue weighted by atomic mass is 14.9. The van der Waals surface area contributed by atoms with Gasteiger partial charge >= 0.3 is 0 Å². The fourth-order valence-corrected chi connectivity index (χ4v) is 4.75. The van der Waals surface area contributed by atoms with Gasteiger partial charge in [-0.15, -0.1) is 11.8 Å². The molecule has 3 rings (SSSR count). The smallest absolute Gasteiger partial charge is 0.0214 e. The highest BCUT2D eigenvalue weighted by Crippen LogP contribution is 2.58. The predicted molar refractivity (Wildman–Crippen MR) is 66.9 cm³/mol. The van der Waals surface area contributed by atoms with Crippen molar-refractivity contribution in [1.82, 2.24) is 5.32 Å². The van der Waals surface area contributed by atoms with Crippen LogP contribution in [0.3, 0.4) is 0 Å². The second kappa shape index (κ2) is 4.41. The van der Waals surface area contributed by atoms with Crippen LogP contribution in [0.2, 0.25) is 0 Å². The maximum Gasteiger partial charge on any atom is 0.0214 e. The minimum absolute atomic E-state index is 0.836. The third-order valence-electron chi connectivity index (χ3n) is 5.26. The molecule has 5 unspecified atom stereocenters. The predicted octanol–water partition coefficient (Wildman–Crippen LogP) is 2.81. The average molecular weight is 217 g/mol. The summed E-state index contributed by atoms with van der Waals surface area (Å²) >= 11 is 0. The molecular weight excluding hydrogens is 194 g/mol. The van der Waals surface area contributed by atoms with E-state index < -0.39 is 0 Å². The van der Waals surface area contributed by atoms with Crippen molar-refractivity contribution in [2.24, 2.45) is 23.7 Å². The molecule has 0 amide bonds. The lowest BCUT2D eigenvalue weighted by Crippen LogP contribution is -2.39. The maximum atomic E-state index is 3.76. The van der Waals surface area contributed by atoms with Crippen molar-refractivity contribution < 1.29 is 0 Å². The van der Waals surface area contributed by atoms with E-state index >= 15 is 0 Å². The Bertz CT molecular complexity index is 311. The zero-order valence-corrected chi connectivity index (χ0v) is 10.3. The molecule has 0 aromatic rings. The van der Waals surface area contributed by atoms with Crippen LogP contribution in [0, 0.1) is 35.5 Å². The van der Waals surface area contributed by atoms with Crippen molar-refractivity contribution in [1.29, 1.82) is 0 Å². The molecule has 3 aliphatic carbocycles. The summed E-state index contributed by atoms with van der Waals surface area (Å²) < 4.78 is 0. The van der Waals surface area contributed by atoms with Gasteiger partial charge in [-0.2, -0.15) is 0 Å². The minimum Gasteiger partial charge on any atom is -0.313 e. The molecule has 2 bridgehead atoms. The summed E-state index contributed by atoms with van der Waals surface area (Å²) in [5.74, 6) is 10.4. The number of hydrogen-bond acceptors (Lipinski definition) is 1. The standard InChI is InChI=1S/C15H23N/c1-2-3-4-8-16-15-10-11-9-14(15)13-7-5-6-12(11)13/h11-16H,4-10H2,1H3. The molecule has 0 aliphatic heterocycles. The molecule has 3 fully saturated rings. The second-order valence-corrected chi connectivity index (χ2v) is 5.89. The molecule has 5 atom stereocenters. The van der Waals surface area contributed by atoms with Crippen LogP contribution < -0.4 is 5.32 Å². The molecule has 0 aromatic heterocycles.